The molecule has 0 saturated carbocycles. The molecule has 6 nitrogen and oxygen atoms in total. The average Bonchev–Trinajstić information content (AvgIpc) is 2.46. The largest absolute Gasteiger partial charge is 0.494 e. The van der Waals surface area contributed by atoms with Gasteiger partial charge in [-0.2, -0.15) is 0 Å². The van der Waals surface area contributed by atoms with Gasteiger partial charge in [0.2, 0.25) is 5.91 Å². The maximum atomic E-state index is 12.0. The zero-order valence-corrected chi connectivity index (χ0v) is 13.2. The molecule has 0 heterocycles. The molecule has 0 spiro atoms. The number of nitrogens with zero attached hydrogens (tertiary/aromatic N) is 1. The van der Waals surface area contributed by atoms with Crippen LogP contribution >= 0.6 is 0 Å². The van der Waals surface area contributed by atoms with Crippen molar-refractivity contribution in [3.63, 3.8) is 0 Å². The summed E-state index contributed by atoms with van der Waals surface area (Å²) in [6.45, 7) is 3.36. The summed E-state index contributed by atoms with van der Waals surface area (Å²) in [4.78, 5) is 14.1. The van der Waals surface area contributed by atoms with E-state index in [1.165, 1.54) is 0 Å². The van der Waals surface area contributed by atoms with Crippen molar-refractivity contribution in [3.05, 3.63) is 18.2 Å². The van der Waals surface area contributed by atoms with E-state index in [1.807, 2.05) is 7.05 Å². The number of ether oxygens (including phenoxy) is 2. The van der Waals surface area contributed by atoms with Crippen molar-refractivity contribution in [1.29, 1.82) is 0 Å². The minimum Gasteiger partial charge on any atom is -0.494 e. The van der Waals surface area contributed by atoms with Crippen LogP contribution in [-0.4, -0.2) is 51.3 Å². The first kappa shape index (κ1) is 17.3. The molecule has 1 rings (SSSR count). The third-order valence-electron chi connectivity index (χ3n) is 3.35. The van der Waals surface area contributed by atoms with Crippen molar-refractivity contribution < 1.29 is 14.3 Å². The number of nitrogen functional groups attached to an aromatic ring is 1. The van der Waals surface area contributed by atoms with Crippen LogP contribution in [0.4, 0.5) is 11.4 Å². The van der Waals surface area contributed by atoms with Crippen LogP contribution in [0.15, 0.2) is 18.2 Å². The summed E-state index contributed by atoms with van der Waals surface area (Å²) in [5.41, 5.74) is 6.91. The van der Waals surface area contributed by atoms with Crippen LogP contribution < -0.4 is 15.8 Å². The van der Waals surface area contributed by atoms with Gasteiger partial charge >= 0.3 is 0 Å². The molecule has 1 aromatic carbocycles. The van der Waals surface area contributed by atoms with E-state index < -0.39 is 0 Å². The number of hydrogen-bond donors (Lipinski definition) is 2. The lowest BCUT2D eigenvalue weighted by molar-refractivity contribution is -0.116. The second-order valence-corrected chi connectivity index (χ2v) is 5.04. The molecule has 0 fully saturated rings. The molecule has 1 amide bonds. The normalized spacial score (nSPS) is 12.2. The topological polar surface area (TPSA) is 76.8 Å². The van der Waals surface area contributed by atoms with Gasteiger partial charge in [-0.05, 0) is 26.1 Å². The van der Waals surface area contributed by atoms with E-state index in [0.29, 0.717) is 36.7 Å². The molecule has 0 aliphatic rings. The number of carbonyl (C=O) groups is 1. The maximum absolute atomic E-state index is 12.0. The highest BCUT2D eigenvalue weighted by Gasteiger charge is 2.12. The number of hydrogen-bond acceptors (Lipinski definition) is 5. The highest BCUT2D eigenvalue weighted by Crippen LogP contribution is 2.26. The van der Waals surface area contributed by atoms with Gasteiger partial charge in [-0.25, -0.2) is 0 Å². The predicted molar refractivity (Wildman–Crippen MR) is 84.6 cm³/mol. The van der Waals surface area contributed by atoms with E-state index in [2.05, 4.69) is 17.1 Å². The number of benzene rings is 1. The van der Waals surface area contributed by atoms with Gasteiger partial charge in [-0.1, -0.05) is 0 Å². The van der Waals surface area contributed by atoms with E-state index >= 15 is 0 Å². The zero-order chi connectivity index (χ0) is 15.8. The standard InChI is InChI=1S/C15H25N3O3/c1-11(10-20-3)18(2)8-7-15(19)17-13-6-5-12(16)9-14(13)21-4/h5-6,9,11H,7-8,10,16H2,1-4H3,(H,17,19). The first-order chi connectivity index (χ1) is 9.97. The highest BCUT2D eigenvalue weighted by molar-refractivity contribution is 5.92. The van der Waals surface area contributed by atoms with Crippen molar-refractivity contribution in [1.82, 2.24) is 4.90 Å². The molecule has 1 unspecified atom stereocenters. The van der Waals surface area contributed by atoms with Gasteiger partial charge in [0, 0.05) is 37.9 Å². The molecule has 21 heavy (non-hydrogen) atoms. The molecule has 3 N–H and O–H groups in total. The van der Waals surface area contributed by atoms with E-state index in [0.717, 1.165) is 0 Å². The van der Waals surface area contributed by atoms with Gasteiger partial charge in [-0.15, -0.1) is 0 Å². The van der Waals surface area contributed by atoms with E-state index in [-0.39, 0.29) is 11.9 Å². The van der Waals surface area contributed by atoms with Crippen LogP contribution in [0, 0.1) is 0 Å². The van der Waals surface area contributed by atoms with Gasteiger partial charge in [-0.3, -0.25) is 4.79 Å². The number of likely N-dealkylation sites (N-methyl/N-ethyl adjacent to an activating group) is 1. The Labute approximate surface area is 126 Å². The lowest BCUT2D eigenvalue weighted by Gasteiger charge is -2.23. The fraction of sp³-hybridized carbons (Fsp3) is 0.533. The maximum Gasteiger partial charge on any atom is 0.225 e. The Morgan fingerprint density at radius 1 is 1.43 bits per heavy atom. The molecule has 1 atom stereocenters. The van der Waals surface area contributed by atoms with Gasteiger partial charge in [0.15, 0.2) is 0 Å². The molecule has 6 heteroatoms. The molecule has 0 radical (unpaired) electrons. The first-order valence-electron chi connectivity index (χ1n) is 6.90. The van der Waals surface area contributed by atoms with Crippen molar-refractivity contribution in [3.8, 4) is 5.75 Å². The number of nitrogens with one attached hydrogen (secondary N) is 1. The number of amides is 1. The zero-order valence-electron chi connectivity index (χ0n) is 13.2. The molecule has 0 saturated heterocycles. The summed E-state index contributed by atoms with van der Waals surface area (Å²) in [6, 6.07) is 5.42. The molecule has 118 valence electrons. The Morgan fingerprint density at radius 2 is 2.14 bits per heavy atom. The van der Waals surface area contributed by atoms with Crippen molar-refractivity contribution in [2.24, 2.45) is 0 Å². The van der Waals surface area contributed by atoms with Crippen LogP contribution in [0.25, 0.3) is 0 Å². The fourth-order valence-corrected chi connectivity index (χ4v) is 1.89. The van der Waals surface area contributed by atoms with E-state index in [9.17, 15) is 4.79 Å². The summed E-state index contributed by atoms with van der Waals surface area (Å²) >= 11 is 0. The first-order valence-corrected chi connectivity index (χ1v) is 6.90. The molecule has 0 aromatic heterocycles. The van der Waals surface area contributed by atoms with Crippen LogP contribution in [0.3, 0.4) is 0 Å². The smallest absolute Gasteiger partial charge is 0.225 e. The predicted octanol–water partition coefficient (Wildman–Crippen LogP) is 1.57. The highest BCUT2D eigenvalue weighted by atomic mass is 16.5. The summed E-state index contributed by atoms with van der Waals surface area (Å²) in [5, 5.41) is 2.84. The van der Waals surface area contributed by atoms with Crippen LogP contribution in [0.5, 0.6) is 5.75 Å². The third kappa shape index (κ3) is 5.61. The van der Waals surface area contributed by atoms with Gasteiger partial charge in [0.05, 0.1) is 19.4 Å². The monoisotopic (exact) mass is 295 g/mol. The van der Waals surface area contributed by atoms with Crippen molar-refractivity contribution >= 4 is 17.3 Å². The Kier molecular flexibility index (Phi) is 6.98. The summed E-state index contributed by atoms with van der Waals surface area (Å²) < 4.78 is 10.3. The molecular weight excluding hydrogens is 270 g/mol. The lowest BCUT2D eigenvalue weighted by atomic mass is 10.2. The average molecular weight is 295 g/mol. The van der Waals surface area contributed by atoms with Crippen molar-refractivity contribution in [2.45, 2.75) is 19.4 Å². The fourth-order valence-electron chi connectivity index (χ4n) is 1.89. The molecule has 0 aliphatic heterocycles. The summed E-state index contributed by atoms with van der Waals surface area (Å²) in [5.74, 6) is 0.499. The molecule has 0 bridgehead atoms. The summed E-state index contributed by atoms with van der Waals surface area (Å²) in [6.07, 6.45) is 0.401. The quantitative estimate of drug-likeness (QED) is 0.712. The molecule has 1 aromatic rings. The Balaban J connectivity index is 2.51. The SMILES string of the molecule is COCC(C)N(C)CCC(=O)Nc1ccc(N)cc1OC. The van der Waals surface area contributed by atoms with E-state index in [4.69, 9.17) is 15.2 Å². The molecular formula is C15H25N3O3. The second kappa shape index (κ2) is 8.49. The number of anilines is 2. The van der Waals surface area contributed by atoms with Gasteiger partial charge in [0.1, 0.15) is 5.75 Å². The Bertz CT molecular complexity index is 465. The number of nitrogens with two attached hydrogens (primary N) is 1. The van der Waals surface area contributed by atoms with Gasteiger partial charge in [0.25, 0.3) is 0 Å². The number of carbonyl (C=O) groups excluding carboxylic acids is 1. The van der Waals surface area contributed by atoms with Crippen LogP contribution in [0.1, 0.15) is 13.3 Å². The van der Waals surface area contributed by atoms with E-state index in [1.54, 1.807) is 32.4 Å². The Hall–Kier alpha value is -1.79. The molecule has 0 aliphatic carbocycles. The Morgan fingerprint density at radius 3 is 2.76 bits per heavy atom. The number of rotatable bonds is 8. The minimum absolute atomic E-state index is 0.0606. The van der Waals surface area contributed by atoms with Gasteiger partial charge < -0.3 is 25.4 Å². The third-order valence-corrected chi connectivity index (χ3v) is 3.35. The minimum atomic E-state index is -0.0606. The number of methoxy groups -OCH3 is 2. The van der Waals surface area contributed by atoms with Crippen LogP contribution in [0.2, 0.25) is 0 Å². The van der Waals surface area contributed by atoms with Crippen molar-refractivity contribution in [2.75, 3.05) is 45.5 Å². The lowest BCUT2D eigenvalue weighted by Crippen LogP contribution is -2.35. The summed E-state index contributed by atoms with van der Waals surface area (Å²) in [7, 11) is 5.19. The van der Waals surface area contributed by atoms with Crippen LogP contribution in [-0.2, 0) is 9.53 Å². The second-order valence-electron chi connectivity index (χ2n) is 5.04.